The molecule has 3 N–H and O–H groups in total. The molecule has 0 aromatic heterocycles. The summed E-state index contributed by atoms with van der Waals surface area (Å²) in [4.78, 5) is 10.4. The van der Waals surface area contributed by atoms with Gasteiger partial charge < -0.3 is 15.8 Å². The zero-order valence-corrected chi connectivity index (χ0v) is 7.80. The summed E-state index contributed by atoms with van der Waals surface area (Å²) >= 11 is 0. The molecular weight excluding hydrogens is 156 g/mol. The molecule has 0 heterocycles. The fourth-order valence-electron chi connectivity index (χ4n) is 0.922. The average molecular weight is 174 g/mol. The number of carbonyl (C=O) groups excluding carboxylic acids is 1. The predicted octanol–water partition coefficient (Wildman–Crippen LogP) is -0.124. The van der Waals surface area contributed by atoms with Crippen molar-refractivity contribution in [2.75, 3.05) is 20.3 Å². The van der Waals surface area contributed by atoms with E-state index in [1.807, 2.05) is 0 Å². The van der Waals surface area contributed by atoms with Crippen LogP contribution < -0.4 is 11.1 Å². The van der Waals surface area contributed by atoms with Crippen molar-refractivity contribution in [3.05, 3.63) is 0 Å². The van der Waals surface area contributed by atoms with Gasteiger partial charge in [-0.05, 0) is 6.42 Å². The molecule has 4 nitrogen and oxygen atoms in total. The number of hydrogen-bond donors (Lipinski definition) is 2. The maximum absolute atomic E-state index is 10.4. The molecule has 0 spiro atoms. The number of amides is 1. The zero-order chi connectivity index (χ0) is 9.40. The molecule has 0 fully saturated rings. The first kappa shape index (κ1) is 11.4. The molecule has 12 heavy (non-hydrogen) atoms. The highest BCUT2D eigenvalue weighted by Crippen LogP contribution is 1.90. The maximum atomic E-state index is 10.4. The Kier molecular flexibility index (Phi) is 6.70. The van der Waals surface area contributed by atoms with Gasteiger partial charge >= 0.3 is 0 Å². The predicted molar refractivity (Wildman–Crippen MR) is 47.8 cm³/mol. The number of rotatable bonds is 7. The van der Waals surface area contributed by atoms with Crippen LogP contribution in [0.25, 0.3) is 0 Å². The van der Waals surface area contributed by atoms with Crippen molar-refractivity contribution in [2.45, 2.75) is 25.8 Å². The van der Waals surface area contributed by atoms with Crippen LogP contribution in [0.15, 0.2) is 0 Å². The van der Waals surface area contributed by atoms with Gasteiger partial charge in [0.15, 0.2) is 0 Å². The Bertz CT molecular complexity index is 128. The monoisotopic (exact) mass is 174 g/mol. The summed E-state index contributed by atoms with van der Waals surface area (Å²) in [6.07, 6.45) is 1.38. The molecule has 1 unspecified atom stereocenters. The standard InChI is InChI=1S/C8H18N2O2/c1-3-7(6-12-2)10-5-4-8(9)11/h7,10H,3-6H2,1-2H3,(H2,9,11). The van der Waals surface area contributed by atoms with Crippen LogP contribution in [-0.4, -0.2) is 32.2 Å². The molecule has 1 amide bonds. The molecule has 0 rings (SSSR count). The van der Waals surface area contributed by atoms with Crippen molar-refractivity contribution in [3.8, 4) is 0 Å². The Morgan fingerprint density at radius 3 is 2.75 bits per heavy atom. The van der Waals surface area contributed by atoms with Crippen molar-refractivity contribution < 1.29 is 9.53 Å². The van der Waals surface area contributed by atoms with Crippen molar-refractivity contribution in [1.82, 2.24) is 5.32 Å². The lowest BCUT2D eigenvalue weighted by Gasteiger charge is -2.14. The van der Waals surface area contributed by atoms with Gasteiger partial charge in [0.1, 0.15) is 0 Å². The number of ether oxygens (including phenoxy) is 1. The number of nitrogens with two attached hydrogens (primary N) is 1. The summed E-state index contributed by atoms with van der Waals surface area (Å²) in [5.41, 5.74) is 4.98. The molecule has 4 heteroatoms. The molecule has 0 aliphatic rings. The van der Waals surface area contributed by atoms with E-state index in [-0.39, 0.29) is 5.91 Å². The third-order valence-corrected chi connectivity index (χ3v) is 1.67. The maximum Gasteiger partial charge on any atom is 0.218 e. The summed E-state index contributed by atoms with van der Waals surface area (Å²) in [5, 5.41) is 3.18. The molecule has 1 atom stereocenters. The van der Waals surface area contributed by atoms with E-state index in [2.05, 4.69) is 12.2 Å². The van der Waals surface area contributed by atoms with E-state index in [1.54, 1.807) is 7.11 Å². The van der Waals surface area contributed by atoms with Crippen LogP contribution in [-0.2, 0) is 9.53 Å². The van der Waals surface area contributed by atoms with Gasteiger partial charge in [-0.15, -0.1) is 0 Å². The number of carbonyl (C=O) groups is 1. The van der Waals surface area contributed by atoms with E-state index in [1.165, 1.54) is 0 Å². The van der Waals surface area contributed by atoms with E-state index in [0.29, 0.717) is 25.6 Å². The topological polar surface area (TPSA) is 64.3 Å². The first-order chi connectivity index (χ1) is 5.70. The molecule has 72 valence electrons. The van der Waals surface area contributed by atoms with Crippen LogP contribution in [0, 0.1) is 0 Å². The fourth-order valence-corrected chi connectivity index (χ4v) is 0.922. The Morgan fingerprint density at radius 1 is 1.67 bits per heavy atom. The van der Waals surface area contributed by atoms with Gasteiger partial charge in [0.05, 0.1) is 6.61 Å². The largest absolute Gasteiger partial charge is 0.383 e. The van der Waals surface area contributed by atoms with E-state index in [0.717, 1.165) is 6.42 Å². The van der Waals surface area contributed by atoms with Crippen LogP contribution in [0.2, 0.25) is 0 Å². The summed E-state index contributed by atoms with van der Waals surface area (Å²) in [6.45, 7) is 3.38. The van der Waals surface area contributed by atoms with E-state index >= 15 is 0 Å². The van der Waals surface area contributed by atoms with Gasteiger partial charge in [0.25, 0.3) is 0 Å². The molecule has 0 aliphatic carbocycles. The SMILES string of the molecule is CCC(COC)NCCC(N)=O. The van der Waals surface area contributed by atoms with Crippen LogP contribution in [0.3, 0.4) is 0 Å². The minimum Gasteiger partial charge on any atom is -0.383 e. The molecule has 0 aliphatic heterocycles. The van der Waals surface area contributed by atoms with Crippen molar-refractivity contribution in [1.29, 1.82) is 0 Å². The van der Waals surface area contributed by atoms with Crippen molar-refractivity contribution in [2.24, 2.45) is 5.73 Å². The van der Waals surface area contributed by atoms with Gasteiger partial charge in [0, 0.05) is 26.1 Å². The number of methoxy groups -OCH3 is 1. The van der Waals surface area contributed by atoms with Crippen LogP contribution in [0.5, 0.6) is 0 Å². The van der Waals surface area contributed by atoms with Crippen molar-refractivity contribution >= 4 is 5.91 Å². The second-order valence-electron chi connectivity index (χ2n) is 2.73. The summed E-state index contributed by atoms with van der Waals surface area (Å²) in [5.74, 6) is -0.269. The summed E-state index contributed by atoms with van der Waals surface area (Å²) in [7, 11) is 1.67. The van der Waals surface area contributed by atoms with E-state index in [9.17, 15) is 4.79 Å². The molecule has 0 aromatic rings. The Hall–Kier alpha value is -0.610. The lowest BCUT2D eigenvalue weighted by Crippen LogP contribution is -2.34. The highest BCUT2D eigenvalue weighted by Gasteiger charge is 2.04. The minimum absolute atomic E-state index is 0.269. The van der Waals surface area contributed by atoms with Gasteiger partial charge in [-0.2, -0.15) is 0 Å². The van der Waals surface area contributed by atoms with Crippen LogP contribution in [0.4, 0.5) is 0 Å². The Labute approximate surface area is 73.5 Å². The first-order valence-corrected chi connectivity index (χ1v) is 4.21. The van der Waals surface area contributed by atoms with Gasteiger partial charge in [-0.3, -0.25) is 4.79 Å². The Morgan fingerprint density at radius 2 is 2.33 bits per heavy atom. The highest BCUT2D eigenvalue weighted by atomic mass is 16.5. The summed E-state index contributed by atoms with van der Waals surface area (Å²) in [6, 6.07) is 0.328. The average Bonchev–Trinajstić information content (AvgIpc) is 2.02. The Balaban J connectivity index is 3.37. The fraction of sp³-hybridized carbons (Fsp3) is 0.875. The number of primary amides is 1. The number of hydrogen-bond acceptors (Lipinski definition) is 3. The van der Waals surface area contributed by atoms with Gasteiger partial charge in [-0.1, -0.05) is 6.92 Å². The third-order valence-electron chi connectivity index (χ3n) is 1.67. The minimum atomic E-state index is -0.269. The highest BCUT2D eigenvalue weighted by molar-refractivity contribution is 5.73. The van der Waals surface area contributed by atoms with Gasteiger partial charge in [0.2, 0.25) is 5.91 Å². The van der Waals surface area contributed by atoms with E-state index < -0.39 is 0 Å². The second-order valence-corrected chi connectivity index (χ2v) is 2.73. The first-order valence-electron chi connectivity index (χ1n) is 4.21. The molecule has 0 saturated carbocycles. The van der Waals surface area contributed by atoms with Crippen LogP contribution >= 0.6 is 0 Å². The normalized spacial score (nSPS) is 12.8. The third kappa shape index (κ3) is 6.12. The lowest BCUT2D eigenvalue weighted by molar-refractivity contribution is -0.117. The smallest absolute Gasteiger partial charge is 0.218 e. The number of nitrogens with one attached hydrogen (secondary N) is 1. The molecule has 0 aromatic carbocycles. The lowest BCUT2D eigenvalue weighted by atomic mass is 10.2. The molecular formula is C8H18N2O2. The molecule has 0 radical (unpaired) electrons. The second kappa shape index (κ2) is 7.06. The van der Waals surface area contributed by atoms with Gasteiger partial charge in [-0.25, -0.2) is 0 Å². The van der Waals surface area contributed by atoms with E-state index in [4.69, 9.17) is 10.5 Å². The molecule has 0 bridgehead atoms. The van der Waals surface area contributed by atoms with Crippen LogP contribution in [0.1, 0.15) is 19.8 Å². The van der Waals surface area contributed by atoms with Crippen molar-refractivity contribution in [3.63, 3.8) is 0 Å². The molecule has 0 saturated heterocycles. The summed E-state index contributed by atoms with van der Waals surface area (Å²) < 4.78 is 4.97. The zero-order valence-electron chi connectivity index (χ0n) is 7.80. The quantitative estimate of drug-likeness (QED) is 0.565.